The molecule has 0 spiro atoms. The molecule has 7 nitrogen and oxygen atoms in total. The van der Waals surface area contributed by atoms with E-state index in [2.05, 4.69) is 10.6 Å². The van der Waals surface area contributed by atoms with Gasteiger partial charge < -0.3 is 10.6 Å². The van der Waals surface area contributed by atoms with Crippen molar-refractivity contribution in [2.24, 2.45) is 5.92 Å². The molecular weight excluding hydrogens is 450 g/mol. The summed E-state index contributed by atoms with van der Waals surface area (Å²) in [6, 6.07) is 11.5. The number of sulfonamides is 1. The number of nitrogens with one attached hydrogen (secondary N) is 2. The van der Waals surface area contributed by atoms with Crippen LogP contribution in [0.2, 0.25) is 5.02 Å². The maximum absolute atomic E-state index is 12.8. The van der Waals surface area contributed by atoms with E-state index in [9.17, 15) is 18.0 Å². The normalized spacial score (nSPS) is 15.3. The minimum Gasteiger partial charge on any atom is -0.352 e. The molecule has 32 heavy (non-hydrogen) atoms. The van der Waals surface area contributed by atoms with Gasteiger partial charge in [0, 0.05) is 31.2 Å². The number of carbonyl (C=O) groups is 2. The van der Waals surface area contributed by atoms with Gasteiger partial charge in [-0.3, -0.25) is 9.59 Å². The monoisotopic (exact) mass is 477 g/mol. The molecule has 2 aromatic carbocycles. The minimum absolute atomic E-state index is 0.184. The molecule has 1 aliphatic heterocycles. The minimum atomic E-state index is -3.57. The van der Waals surface area contributed by atoms with Gasteiger partial charge in [-0.2, -0.15) is 4.31 Å². The molecule has 0 radical (unpaired) electrons. The lowest BCUT2D eigenvalue weighted by molar-refractivity contribution is -0.120. The van der Waals surface area contributed by atoms with Crippen LogP contribution in [0.5, 0.6) is 0 Å². The first-order chi connectivity index (χ1) is 15.2. The Kier molecular flexibility index (Phi) is 7.92. The Labute approximate surface area is 194 Å². The molecule has 2 N–H and O–H groups in total. The zero-order valence-corrected chi connectivity index (χ0v) is 19.8. The number of hydrogen-bond acceptors (Lipinski definition) is 4. The summed E-state index contributed by atoms with van der Waals surface area (Å²) >= 11 is 6.22. The fourth-order valence-corrected chi connectivity index (χ4v) is 5.31. The van der Waals surface area contributed by atoms with Gasteiger partial charge in [0.2, 0.25) is 15.9 Å². The highest BCUT2D eigenvalue weighted by atomic mass is 35.5. The van der Waals surface area contributed by atoms with Crippen molar-refractivity contribution < 1.29 is 18.0 Å². The number of halogens is 1. The van der Waals surface area contributed by atoms with Crippen molar-refractivity contribution in [3.05, 3.63) is 58.6 Å². The van der Waals surface area contributed by atoms with E-state index in [0.29, 0.717) is 30.6 Å². The lowest BCUT2D eigenvalue weighted by Gasteiger charge is -2.30. The van der Waals surface area contributed by atoms with Crippen molar-refractivity contribution in [1.82, 2.24) is 9.62 Å². The van der Waals surface area contributed by atoms with Crippen molar-refractivity contribution in [3.8, 4) is 0 Å². The van der Waals surface area contributed by atoms with Crippen LogP contribution in [0.15, 0.2) is 47.4 Å². The summed E-state index contributed by atoms with van der Waals surface area (Å²) in [5, 5.41) is 5.86. The predicted molar refractivity (Wildman–Crippen MR) is 125 cm³/mol. The molecule has 0 unspecified atom stereocenters. The van der Waals surface area contributed by atoms with Crippen LogP contribution in [-0.2, 0) is 14.8 Å². The Bertz CT molecular complexity index is 1080. The Morgan fingerprint density at radius 2 is 1.75 bits per heavy atom. The number of aryl methyl sites for hydroxylation is 1. The largest absolute Gasteiger partial charge is 0.352 e. The zero-order chi connectivity index (χ0) is 23.3. The summed E-state index contributed by atoms with van der Waals surface area (Å²) in [7, 11) is -3.57. The standard InChI is InChI=1S/C23H28ClN3O4S/c1-3-12-25-23(29)20-9-6-18(15-21(20)24)26-22(28)17-10-13-27(14-11-17)32(30,31)19-7-4-16(2)5-8-19/h4-9,15,17H,3,10-14H2,1-2H3,(H,25,29)(H,26,28). The quantitative estimate of drug-likeness (QED) is 0.633. The SMILES string of the molecule is CCCNC(=O)c1ccc(NC(=O)C2CCN(S(=O)(=O)c3ccc(C)cc3)CC2)cc1Cl. The Morgan fingerprint density at radius 3 is 2.34 bits per heavy atom. The third-order valence-corrected chi connectivity index (χ3v) is 7.73. The van der Waals surface area contributed by atoms with Gasteiger partial charge in [-0.05, 0) is 56.5 Å². The Morgan fingerprint density at radius 1 is 1.09 bits per heavy atom. The van der Waals surface area contributed by atoms with Crippen LogP contribution < -0.4 is 10.6 Å². The number of rotatable bonds is 7. The van der Waals surface area contributed by atoms with E-state index < -0.39 is 10.0 Å². The third-order valence-electron chi connectivity index (χ3n) is 5.50. The molecule has 0 saturated carbocycles. The van der Waals surface area contributed by atoms with Crippen LogP contribution >= 0.6 is 11.6 Å². The van der Waals surface area contributed by atoms with E-state index >= 15 is 0 Å². The van der Waals surface area contributed by atoms with Crippen molar-refractivity contribution in [2.75, 3.05) is 25.0 Å². The van der Waals surface area contributed by atoms with Crippen LogP contribution in [0.25, 0.3) is 0 Å². The summed E-state index contributed by atoms with van der Waals surface area (Å²) in [5.74, 6) is -0.737. The van der Waals surface area contributed by atoms with E-state index in [-0.39, 0.29) is 40.7 Å². The van der Waals surface area contributed by atoms with Gasteiger partial charge in [-0.1, -0.05) is 36.2 Å². The van der Waals surface area contributed by atoms with E-state index in [1.165, 1.54) is 4.31 Å². The average Bonchev–Trinajstić information content (AvgIpc) is 2.78. The smallest absolute Gasteiger partial charge is 0.252 e. The highest BCUT2D eigenvalue weighted by Crippen LogP contribution is 2.26. The van der Waals surface area contributed by atoms with Gasteiger partial charge in [-0.25, -0.2) is 8.42 Å². The summed E-state index contributed by atoms with van der Waals surface area (Å²) in [4.78, 5) is 25.1. The molecule has 0 aromatic heterocycles. The molecule has 0 bridgehead atoms. The predicted octanol–water partition coefficient (Wildman–Crippen LogP) is 3.83. The summed E-state index contributed by atoms with van der Waals surface area (Å²) in [6.45, 7) is 4.99. The van der Waals surface area contributed by atoms with Crippen LogP contribution in [0.3, 0.4) is 0 Å². The van der Waals surface area contributed by atoms with Crippen molar-refractivity contribution in [1.29, 1.82) is 0 Å². The molecule has 2 amide bonds. The molecule has 3 rings (SSSR count). The fourth-order valence-electron chi connectivity index (χ4n) is 3.57. The first kappa shape index (κ1) is 24.2. The number of piperidine rings is 1. The third kappa shape index (κ3) is 5.68. The topological polar surface area (TPSA) is 95.6 Å². The van der Waals surface area contributed by atoms with Crippen molar-refractivity contribution >= 4 is 39.1 Å². The molecule has 9 heteroatoms. The summed E-state index contributed by atoms with van der Waals surface area (Å²) in [5.41, 5.74) is 1.85. The average molecular weight is 478 g/mol. The lowest BCUT2D eigenvalue weighted by Crippen LogP contribution is -2.41. The van der Waals surface area contributed by atoms with Gasteiger partial charge in [-0.15, -0.1) is 0 Å². The van der Waals surface area contributed by atoms with Gasteiger partial charge in [0.05, 0.1) is 15.5 Å². The van der Waals surface area contributed by atoms with E-state index in [4.69, 9.17) is 11.6 Å². The summed E-state index contributed by atoms with van der Waals surface area (Å²) in [6.07, 6.45) is 1.69. The number of nitrogens with zero attached hydrogens (tertiary/aromatic N) is 1. The second-order valence-electron chi connectivity index (χ2n) is 7.93. The Hall–Kier alpha value is -2.42. The molecule has 1 aliphatic rings. The van der Waals surface area contributed by atoms with Gasteiger partial charge in [0.15, 0.2) is 0 Å². The maximum atomic E-state index is 12.8. The van der Waals surface area contributed by atoms with Crippen LogP contribution in [0, 0.1) is 12.8 Å². The molecule has 1 heterocycles. The lowest BCUT2D eigenvalue weighted by atomic mass is 9.97. The summed E-state index contributed by atoms with van der Waals surface area (Å²) < 4.78 is 27.1. The first-order valence-electron chi connectivity index (χ1n) is 10.7. The molecule has 172 valence electrons. The first-order valence-corrected chi connectivity index (χ1v) is 12.5. The second kappa shape index (κ2) is 10.5. The van der Waals surface area contributed by atoms with Gasteiger partial charge in [0.25, 0.3) is 5.91 Å². The number of hydrogen-bond donors (Lipinski definition) is 2. The fraction of sp³-hybridized carbons (Fsp3) is 0.391. The van der Waals surface area contributed by atoms with Crippen LogP contribution in [-0.4, -0.2) is 44.2 Å². The van der Waals surface area contributed by atoms with E-state index in [1.807, 2.05) is 13.8 Å². The van der Waals surface area contributed by atoms with Gasteiger partial charge >= 0.3 is 0 Å². The maximum Gasteiger partial charge on any atom is 0.252 e. The number of benzene rings is 2. The zero-order valence-electron chi connectivity index (χ0n) is 18.2. The van der Waals surface area contributed by atoms with Gasteiger partial charge in [0.1, 0.15) is 0 Å². The number of carbonyl (C=O) groups excluding carboxylic acids is 2. The second-order valence-corrected chi connectivity index (χ2v) is 10.3. The number of amides is 2. The van der Waals surface area contributed by atoms with E-state index in [0.717, 1.165) is 12.0 Å². The van der Waals surface area contributed by atoms with Crippen molar-refractivity contribution in [3.63, 3.8) is 0 Å². The highest BCUT2D eigenvalue weighted by Gasteiger charge is 2.32. The Balaban J connectivity index is 1.58. The van der Waals surface area contributed by atoms with Crippen LogP contribution in [0.4, 0.5) is 5.69 Å². The van der Waals surface area contributed by atoms with Crippen LogP contribution in [0.1, 0.15) is 42.1 Å². The van der Waals surface area contributed by atoms with E-state index in [1.54, 1.807) is 42.5 Å². The number of anilines is 1. The molecule has 0 aliphatic carbocycles. The molecule has 1 fully saturated rings. The molecule has 2 aromatic rings. The molecule has 1 saturated heterocycles. The molecular formula is C23H28ClN3O4S. The van der Waals surface area contributed by atoms with Crippen molar-refractivity contribution in [2.45, 2.75) is 38.0 Å². The highest BCUT2D eigenvalue weighted by molar-refractivity contribution is 7.89. The molecule has 0 atom stereocenters.